The molecule has 1 atom stereocenters. The van der Waals surface area contributed by atoms with Gasteiger partial charge in [0.15, 0.2) is 0 Å². The minimum atomic E-state index is -0.661. The molecular weight excluding hydrogens is 238 g/mol. The van der Waals surface area contributed by atoms with Gasteiger partial charge in [-0.1, -0.05) is 26.0 Å². The second-order valence-electron chi connectivity index (χ2n) is 6.38. The van der Waals surface area contributed by atoms with E-state index in [-0.39, 0.29) is 11.3 Å². The van der Waals surface area contributed by atoms with Gasteiger partial charge in [0.25, 0.3) is 0 Å². The molecule has 19 heavy (non-hydrogen) atoms. The number of hydrogen-bond acceptors (Lipinski definition) is 2. The van der Waals surface area contributed by atoms with Gasteiger partial charge in [-0.2, -0.15) is 0 Å². The first-order chi connectivity index (χ1) is 8.81. The molecule has 1 aliphatic rings. The molecule has 0 spiro atoms. The summed E-state index contributed by atoms with van der Waals surface area (Å²) in [7, 11) is 0. The zero-order chi connectivity index (χ0) is 14.2. The van der Waals surface area contributed by atoms with Crippen LogP contribution in [0.4, 0.5) is 5.69 Å². The Morgan fingerprint density at radius 1 is 1.37 bits per heavy atom. The summed E-state index contributed by atoms with van der Waals surface area (Å²) >= 11 is 0. The minimum Gasteiger partial charge on any atom is -0.481 e. The van der Waals surface area contributed by atoms with Crippen LogP contribution in [-0.4, -0.2) is 24.2 Å². The highest BCUT2D eigenvalue weighted by Gasteiger charge is 2.40. The largest absolute Gasteiger partial charge is 0.481 e. The summed E-state index contributed by atoms with van der Waals surface area (Å²) < 4.78 is 0. The number of benzene rings is 1. The number of piperidine rings is 1. The summed E-state index contributed by atoms with van der Waals surface area (Å²) in [4.78, 5) is 13.7. The van der Waals surface area contributed by atoms with E-state index in [1.807, 2.05) is 0 Å². The molecule has 1 aromatic rings. The maximum Gasteiger partial charge on any atom is 0.307 e. The van der Waals surface area contributed by atoms with Crippen LogP contribution in [0.2, 0.25) is 0 Å². The topological polar surface area (TPSA) is 40.5 Å². The molecule has 1 aromatic carbocycles. The second-order valence-corrected chi connectivity index (χ2v) is 6.38. The Hall–Kier alpha value is -1.51. The molecule has 3 heteroatoms. The molecule has 0 radical (unpaired) electrons. The fraction of sp³-hybridized carbons (Fsp3) is 0.562. The summed E-state index contributed by atoms with van der Waals surface area (Å²) in [5.74, 6) is -0.903. The van der Waals surface area contributed by atoms with Crippen LogP contribution >= 0.6 is 0 Å². The number of anilines is 1. The summed E-state index contributed by atoms with van der Waals surface area (Å²) in [6.07, 6.45) is 0.718. The predicted octanol–water partition coefficient (Wildman–Crippen LogP) is 3.24. The Balaban J connectivity index is 2.25. The van der Waals surface area contributed by atoms with E-state index in [2.05, 4.69) is 50.8 Å². The summed E-state index contributed by atoms with van der Waals surface area (Å²) in [5.41, 5.74) is 3.56. The zero-order valence-corrected chi connectivity index (χ0v) is 12.2. The molecule has 1 saturated heterocycles. The van der Waals surface area contributed by atoms with E-state index in [9.17, 15) is 9.90 Å². The first-order valence-electron chi connectivity index (χ1n) is 6.86. The van der Waals surface area contributed by atoms with Gasteiger partial charge in [-0.05, 0) is 42.9 Å². The highest BCUT2D eigenvalue weighted by molar-refractivity contribution is 5.72. The van der Waals surface area contributed by atoms with Gasteiger partial charge in [0, 0.05) is 18.8 Å². The van der Waals surface area contributed by atoms with Gasteiger partial charge in [0.1, 0.15) is 0 Å². The van der Waals surface area contributed by atoms with Crippen LogP contribution in [0.1, 0.15) is 31.4 Å². The molecule has 0 aromatic heterocycles. The third-order valence-electron chi connectivity index (χ3n) is 4.23. The lowest BCUT2D eigenvalue weighted by Gasteiger charge is -2.44. The van der Waals surface area contributed by atoms with Gasteiger partial charge >= 0.3 is 5.97 Å². The Morgan fingerprint density at radius 2 is 2.05 bits per heavy atom. The molecular formula is C16H23NO2. The fourth-order valence-electron chi connectivity index (χ4n) is 3.08. The van der Waals surface area contributed by atoms with Crippen molar-refractivity contribution >= 4 is 11.7 Å². The number of aryl methyl sites for hydroxylation is 2. The van der Waals surface area contributed by atoms with E-state index in [4.69, 9.17) is 0 Å². The SMILES string of the molecule is Cc1ccc(C)c(N2CCC(C(=O)O)C(C)(C)C2)c1. The average Bonchev–Trinajstić information content (AvgIpc) is 2.30. The molecule has 0 bridgehead atoms. The molecule has 104 valence electrons. The highest BCUT2D eigenvalue weighted by Crippen LogP contribution is 2.37. The Labute approximate surface area is 115 Å². The van der Waals surface area contributed by atoms with Crippen molar-refractivity contribution in [2.24, 2.45) is 11.3 Å². The number of nitrogens with zero attached hydrogens (tertiary/aromatic N) is 1. The van der Waals surface area contributed by atoms with Crippen molar-refractivity contribution in [2.75, 3.05) is 18.0 Å². The third kappa shape index (κ3) is 2.75. The van der Waals surface area contributed by atoms with Crippen molar-refractivity contribution in [1.82, 2.24) is 0 Å². The Morgan fingerprint density at radius 3 is 2.63 bits per heavy atom. The molecule has 0 saturated carbocycles. The number of carboxylic acid groups (broad SMARTS) is 1. The number of hydrogen-bond donors (Lipinski definition) is 1. The summed E-state index contributed by atoms with van der Waals surface area (Å²) in [5, 5.41) is 9.31. The average molecular weight is 261 g/mol. The standard InChI is InChI=1S/C16H23NO2/c1-11-5-6-12(2)14(9-11)17-8-7-13(15(18)19)16(3,4)10-17/h5-6,9,13H,7-8,10H2,1-4H3,(H,18,19). The predicted molar refractivity (Wildman–Crippen MR) is 77.7 cm³/mol. The smallest absolute Gasteiger partial charge is 0.307 e. The zero-order valence-electron chi connectivity index (χ0n) is 12.2. The molecule has 1 fully saturated rings. The quantitative estimate of drug-likeness (QED) is 0.888. The first kappa shape index (κ1) is 13.9. The van der Waals surface area contributed by atoms with Crippen molar-refractivity contribution in [3.8, 4) is 0 Å². The normalized spacial score (nSPS) is 22.3. The van der Waals surface area contributed by atoms with Gasteiger partial charge < -0.3 is 10.0 Å². The summed E-state index contributed by atoms with van der Waals surface area (Å²) in [6, 6.07) is 6.46. The number of aliphatic carboxylic acids is 1. The van der Waals surface area contributed by atoms with Crippen LogP contribution < -0.4 is 4.90 Å². The number of carbonyl (C=O) groups is 1. The molecule has 2 rings (SSSR count). The van der Waals surface area contributed by atoms with Gasteiger partial charge in [-0.15, -0.1) is 0 Å². The van der Waals surface area contributed by atoms with Crippen LogP contribution in [-0.2, 0) is 4.79 Å². The van der Waals surface area contributed by atoms with Crippen LogP contribution in [0.5, 0.6) is 0 Å². The van der Waals surface area contributed by atoms with Crippen LogP contribution in [0.15, 0.2) is 18.2 Å². The van der Waals surface area contributed by atoms with Crippen molar-refractivity contribution in [2.45, 2.75) is 34.1 Å². The lowest BCUT2D eigenvalue weighted by Crippen LogP contribution is -2.48. The van der Waals surface area contributed by atoms with E-state index in [1.165, 1.54) is 16.8 Å². The van der Waals surface area contributed by atoms with E-state index < -0.39 is 5.97 Å². The van der Waals surface area contributed by atoms with Crippen molar-refractivity contribution in [3.63, 3.8) is 0 Å². The monoisotopic (exact) mass is 261 g/mol. The lowest BCUT2D eigenvalue weighted by molar-refractivity contribution is -0.146. The van der Waals surface area contributed by atoms with Crippen molar-refractivity contribution in [3.05, 3.63) is 29.3 Å². The van der Waals surface area contributed by atoms with Crippen molar-refractivity contribution < 1.29 is 9.90 Å². The first-order valence-corrected chi connectivity index (χ1v) is 6.86. The molecule has 0 amide bonds. The molecule has 1 heterocycles. The number of rotatable bonds is 2. The van der Waals surface area contributed by atoms with Crippen LogP contribution in [0.25, 0.3) is 0 Å². The maximum absolute atomic E-state index is 11.3. The van der Waals surface area contributed by atoms with Crippen molar-refractivity contribution in [1.29, 1.82) is 0 Å². The van der Waals surface area contributed by atoms with Crippen LogP contribution in [0.3, 0.4) is 0 Å². The maximum atomic E-state index is 11.3. The van der Waals surface area contributed by atoms with Gasteiger partial charge in [-0.25, -0.2) is 0 Å². The molecule has 3 nitrogen and oxygen atoms in total. The van der Waals surface area contributed by atoms with Gasteiger partial charge in [0.2, 0.25) is 0 Å². The Kier molecular flexibility index (Phi) is 3.57. The Bertz CT molecular complexity index is 494. The van der Waals surface area contributed by atoms with Crippen LogP contribution in [0, 0.1) is 25.2 Å². The van der Waals surface area contributed by atoms with E-state index in [0.29, 0.717) is 0 Å². The van der Waals surface area contributed by atoms with E-state index >= 15 is 0 Å². The number of carboxylic acids is 1. The van der Waals surface area contributed by atoms with Gasteiger partial charge in [-0.3, -0.25) is 4.79 Å². The lowest BCUT2D eigenvalue weighted by atomic mass is 9.73. The minimum absolute atomic E-state index is 0.194. The summed E-state index contributed by atoms with van der Waals surface area (Å²) in [6.45, 7) is 9.95. The molecule has 1 unspecified atom stereocenters. The van der Waals surface area contributed by atoms with E-state index in [1.54, 1.807) is 0 Å². The molecule has 0 aliphatic carbocycles. The molecule has 1 aliphatic heterocycles. The third-order valence-corrected chi connectivity index (χ3v) is 4.23. The van der Waals surface area contributed by atoms with E-state index in [0.717, 1.165) is 19.5 Å². The second kappa shape index (κ2) is 4.87. The highest BCUT2D eigenvalue weighted by atomic mass is 16.4. The van der Waals surface area contributed by atoms with Gasteiger partial charge in [0.05, 0.1) is 5.92 Å². The molecule has 1 N–H and O–H groups in total. The fourth-order valence-corrected chi connectivity index (χ4v) is 3.08.